The van der Waals surface area contributed by atoms with E-state index < -0.39 is 6.10 Å². The van der Waals surface area contributed by atoms with Gasteiger partial charge in [0.15, 0.2) is 0 Å². The first-order chi connectivity index (χ1) is 9.81. The van der Waals surface area contributed by atoms with E-state index in [4.69, 9.17) is 9.52 Å². The number of furan rings is 1. The molecule has 1 aliphatic heterocycles. The lowest BCUT2D eigenvalue weighted by molar-refractivity contribution is 0.0847. The van der Waals surface area contributed by atoms with Crippen LogP contribution in [0.4, 0.5) is 0 Å². The Balaban J connectivity index is 1.89. The standard InChI is InChI=1S/C16H27NO3/c18-11-5-4-10-17-9-3-1-2-7-14(17)13-15(19)16-8-6-12-20-16/h6,8,12,14-15,18-19H,1-5,7,9-11,13H2. The van der Waals surface area contributed by atoms with Crippen molar-refractivity contribution < 1.29 is 14.6 Å². The van der Waals surface area contributed by atoms with Gasteiger partial charge in [0.05, 0.1) is 6.26 Å². The van der Waals surface area contributed by atoms with Crippen LogP contribution in [0.1, 0.15) is 56.8 Å². The Morgan fingerprint density at radius 3 is 2.95 bits per heavy atom. The minimum Gasteiger partial charge on any atom is -0.467 e. The molecular weight excluding hydrogens is 254 g/mol. The second-order valence-corrected chi connectivity index (χ2v) is 5.74. The zero-order valence-corrected chi connectivity index (χ0v) is 12.2. The van der Waals surface area contributed by atoms with Crippen LogP contribution < -0.4 is 0 Å². The zero-order chi connectivity index (χ0) is 14.2. The van der Waals surface area contributed by atoms with E-state index in [0.29, 0.717) is 11.8 Å². The normalized spacial score (nSPS) is 22.6. The maximum atomic E-state index is 10.3. The zero-order valence-electron chi connectivity index (χ0n) is 12.2. The van der Waals surface area contributed by atoms with Gasteiger partial charge in [-0.2, -0.15) is 0 Å². The van der Waals surface area contributed by atoms with E-state index in [-0.39, 0.29) is 6.61 Å². The highest BCUT2D eigenvalue weighted by Gasteiger charge is 2.24. The molecule has 1 aromatic heterocycles. The van der Waals surface area contributed by atoms with Gasteiger partial charge in [-0.15, -0.1) is 0 Å². The third-order valence-electron chi connectivity index (χ3n) is 4.22. The van der Waals surface area contributed by atoms with Gasteiger partial charge < -0.3 is 19.5 Å². The lowest BCUT2D eigenvalue weighted by Crippen LogP contribution is -2.36. The van der Waals surface area contributed by atoms with Crippen molar-refractivity contribution in [3.63, 3.8) is 0 Å². The highest BCUT2D eigenvalue weighted by molar-refractivity contribution is 5.02. The Labute approximate surface area is 121 Å². The molecule has 2 heterocycles. The molecule has 4 nitrogen and oxygen atoms in total. The molecule has 20 heavy (non-hydrogen) atoms. The van der Waals surface area contributed by atoms with Crippen LogP contribution in [0, 0.1) is 0 Å². The first kappa shape index (κ1) is 15.5. The van der Waals surface area contributed by atoms with Crippen molar-refractivity contribution in [2.75, 3.05) is 19.7 Å². The summed E-state index contributed by atoms with van der Waals surface area (Å²) in [5, 5.41) is 19.2. The van der Waals surface area contributed by atoms with E-state index in [2.05, 4.69) is 4.90 Å². The summed E-state index contributed by atoms with van der Waals surface area (Å²) in [6.07, 6.45) is 8.66. The molecule has 0 radical (unpaired) electrons. The van der Waals surface area contributed by atoms with Crippen LogP contribution in [-0.4, -0.2) is 40.9 Å². The molecule has 2 atom stereocenters. The number of likely N-dealkylation sites (tertiary alicyclic amines) is 1. The fourth-order valence-electron chi connectivity index (χ4n) is 3.08. The van der Waals surface area contributed by atoms with Crippen LogP contribution in [0.15, 0.2) is 22.8 Å². The first-order valence-electron chi connectivity index (χ1n) is 7.87. The summed E-state index contributed by atoms with van der Waals surface area (Å²) >= 11 is 0. The Hall–Kier alpha value is -0.840. The molecular formula is C16H27NO3. The predicted molar refractivity (Wildman–Crippen MR) is 78.4 cm³/mol. The number of nitrogens with zero attached hydrogens (tertiary/aromatic N) is 1. The molecule has 0 saturated carbocycles. The van der Waals surface area contributed by atoms with Gasteiger partial charge in [0, 0.05) is 12.6 Å². The van der Waals surface area contributed by atoms with Crippen LogP contribution in [0.2, 0.25) is 0 Å². The van der Waals surface area contributed by atoms with Crippen molar-refractivity contribution in [3.05, 3.63) is 24.2 Å². The van der Waals surface area contributed by atoms with Crippen molar-refractivity contribution in [3.8, 4) is 0 Å². The molecule has 2 N–H and O–H groups in total. The van der Waals surface area contributed by atoms with Crippen molar-refractivity contribution in [2.45, 2.75) is 57.1 Å². The summed E-state index contributed by atoms with van der Waals surface area (Å²) in [6, 6.07) is 4.10. The number of aliphatic hydroxyl groups excluding tert-OH is 2. The van der Waals surface area contributed by atoms with E-state index >= 15 is 0 Å². The quantitative estimate of drug-likeness (QED) is 0.755. The van der Waals surface area contributed by atoms with Crippen molar-refractivity contribution in [1.82, 2.24) is 4.90 Å². The van der Waals surface area contributed by atoms with Gasteiger partial charge in [-0.1, -0.05) is 12.8 Å². The van der Waals surface area contributed by atoms with Crippen LogP contribution in [0.25, 0.3) is 0 Å². The van der Waals surface area contributed by atoms with Crippen molar-refractivity contribution in [2.24, 2.45) is 0 Å². The smallest absolute Gasteiger partial charge is 0.132 e. The van der Waals surface area contributed by atoms with Gasteiger partial charge >= 0.3 is 0 Å². The van der Waals surface area contributed by atoms with Gasteiger partial charge in [-0.3, -0.25) is 0 Å². The monoisotopic (exact) mass is 281 g/mol. The summed E-state index contributed by atoms with van der Waals surface area (Å²) in [6.45, 7) is 2.41. The second kappa shape index (κ2) is 8.45. The molecule has 1 saturated heterocycles. The summed E-state index contributed by atoms with van der Waals surface area (Å²) in [5.74, 6) is 0.671. The van der Waals surface area contributed by atoms with E-state index in [1.54, 1.807) is 6.26 Å². The van der Waals surface area contributed by atoms with E-state index in [9.17, 15) is 5.11 Å². The Kier molecular flexibility index (Phi) is 6.57. The third-order valence-corrected chi connectivity index (χ3v) is 4.22. The average molecular weight is 281 g/mol. The van der Waals surface area contributed by atoms with Crippen LogP contribution in [-0.2, 0) is 0 Å². The highest BCUT2D eigenvalue weighted by Crippen LogP contribution is 2.26. The fraction of sp³-hybridized carbons (Fsp3) is 0.750. The maximum Gasteiger partial charge on any atom is 0.132 e. The number of aliphatic hydroxyl groups is 2. The van der Waals surface area contributed by atoms with Gasteiger partial charge in [0.1, 0.15) is 11.9 Å². The fourth-order valence-corrected chi connectivity index (χ4v) is 3.08. The van der Waals surface area contributed by atoms with Gasteiger partial charge in [-0.05, 0) is 57.3 Å². The third kappa shape index (κ3) is 4.62. The topological polar surface area (TPSA) is 56.8 Å². The van der Waals surface area contributed by atoms with Gasteiger partial charge in [0.2, 0.25) is 0 Å². The second-order valence-electron chi connectivity index (χ2n) is 5.74. The Bertz CT molecular complexity index is 353. The molecule has 0 spiro atoms. The molecule has 0 amide bonds. The van der Waals surface area contributed by atoms with E-state index in [1.807, 2.05) is 12.1 Å². The van der Waals surface area contributed by atoms with Crippen LogP contribution in [0.5, 0.6) is 0 Å². The summed E-state index contributed by atoms with van der Waals surface area (Å²) in [4.78, 5) is 2.49. The summed E-state index contributed by atoms with van der Waals surface area (Å²) in [5.41, 5.74) is 0. The molecule has 1 aliphatic rings. The van der Waals surface area contributed by atoms with Gasteiger partial charge in [0.25, 0.3) is 0 Å². The molecule has 114 valence electrons. The first-order valence-corrected chi connectivity index (χ1v) is 7.87. The number of hydrogen-bond donors (Lipinski definition) is 2. The van der Waals surface area contributed by atoms with Gasteiger partial charge in [-0.25, -0.2) is 0 Å². The van der Waals surface area contributed by atoms with E-state index in [0.717, 1.165) is 38.8 Å². The molecule has 4 heteroatoms. The SMILES string of the molecule is OCCCCN1CCCCCC1CC(O)c1ccco1. The Morgan fingerprint density at radius 1 is 1.30 bits per heavy atom. The van der Waals surface area contributed by atoms with E-state index in [1.165, 1.54) is 19.3 Å². The van der Waals surface area contributed by atoms with Crippen molar-refractivity contribution in [1.29, 1.82) is 0 Å². The molecule has 0 aliphatic carbocycles. The van der Waals surface area contributed by atoms with Crippen LogP contribution >= 0.6 is 0 Å². The largest absolute Gasteiger partial charge is 0.467 e. The lowest BCUT2D eigenvalue weighted by atomic mass is 10.0. The number of hydrogen-bond acceptors (Lipinski definition) is 4. The average Bonchev–Trinajstić information content (AvgIpc) is 2.90. The summed E-state index contributed by atoms with van der Waals surface area (Å²) < 4.78 is 5.30. The number of rotatable bonds is 7. The van der Waals surface area contributed by atoms with Crippen molar-refractivity contribution >= 4 is 0 Å². The molecule has 0 aromatic carbocycles. The lowest BCUT2D eigenvalue weighted by Gasteiger charge is -2.31. The molecule has 1 aromatic rings. The molecule has 2 unspecified atom stereocenters. The minimum absolute atomic E-state index is 0.271. The molecule has 0 bridgehead atoms. The van der Waals surface area contributed by atoms with Crippen LogP contribution in [0.3, 0.4) is 0 Å². The minimum atomic E-state index is -0.506. The summed E-state index contributed by atoms with van der Waals surface area (Å²) in [7, 11) is 0. The highest BCUT2D eigenvalue weighted by atomic mass is 16.4. The Morgan fingerprint density at radius 2 is 2.20 bits per heavy atom. The maximum absolute atomic E-state index is 10.3. The molecule has 2 rings (SSSR count). The molecule has 1 fully saturated rings. The predicted octanol–water partition coefficient (Wildman–Crippen LogP) is 2.72. The number of unbranched alkanes of at least 4 members (excludes halogenated alkanes) is 1.